The first kappa shape index (κ1) is 12.8. The summed E-state index contributed by atoms with van der Waals surface area (Å²) in [5, 5.41) is 8.32. The third kappa shape index (κ3) is 2.19. The van der Waals surface area contributed by atoms with Crippen molar-refractivity contribution in [1.29, 1.82) is 0 Å². The molecule has 1 aliphatic rings. The van der Waals surface area contributed by atoms with Gasteiger partial charge < -0.3 is 4.90 Å². The van der Waals surface area contributed by atoms with Gasteiger partial charge in [-0.1, -0.05) is 0 Å². The quantitative estimate of drug-likeness (QED) is 0.812. The van der Waals surface area contributed by atoms with E-state index >= 15 is 0 Å². The largest absolute Gasteiger partial charge is 0.336 e. The van der Waals surface area contributed by atoms with Gasteiger partial charge in [-0.3, -0.25) is 9.48 Å². The Balaban J connectivity index is 1.77. The van der Waals surface area contributed by atoms with Crippen LogP contribution >= 0.6 is 0 Å². The maximum atomic E-state index is 12.6. The number of amides is 1. The second-order valence-electron chi connectivity index (χ2n) is 5.19. The van der Waals surface area contributed by atoms with Gasteiger partial charge in [-0.15, -0.1) is 0 Å². The Bertz CT molecular complexity index is 602. The van der Waals surface area contributed by atoms with Crippen molar-refractivity contribution in [3.8, 4) is 0 Å². The molecule has 0 radical (unpaired) electrons. The molecule has 0 aliphatic carbocycles. The number of hydrogen-bond acceptors (Lipinski definition) is 4. The highest BCUT2D eigenvalue weighted by molar-refractivity contribution is 5.95. The van der Waals surface area contributed by atoms with Gasteiger partial charge in [0.05, 0.1) is 17.8 Å². The molecule has 1 aliphatic heterocycles. The number of nitrogens with zero attached hydrogens (tertiary/aromatic N) is 6. The molecule has 2 aromatic rings. The van der Waals surface area contributed by atoms with E-state index in [1.54, 1.807) is 17.2 Å². The van der Waals surface area contributed by atoms with Crippen LogP contribution < -0.4 is 0 Å². The fourth-order valence-electron chi connectivity index (χ4n) is 2.64. The average molecular weight is 274 g/mol. The molecular weight excluding hydrogens is 256 g/mol. The first-order valence-electron chi connectivity index (χ1n) is 6.79. The first-order chi connectivity index (χ1) is 9.66. The van der Waals surface area contributed by atoms with Crippen LogP contribution in [0.25, 0.3) is 0 Å². The Morgan fingerprint density at radius 3 is 2.90 bits per heavy atom. The molecule has 7 nitrogen and oxygen atoms in total. The van der Waals surface area contributed by atoms with Crippen LogP contribution in [-0.4, -0.2) is 48.4 Å². The Kier molecular flexibility index (Phi) is 3.25. The monoisotopic (exact) mass is 274 g/mol. The van der Waals surface area contributed by atoms with Crippen LogP contribution in [0.15, 0.2) is 18.9 Å². The number of hydrogen-bond donors (Lipinski definition) is 0. The third-order valence-electron chi connectivity index (χ3n) is 3.96. The number of rotatable bonds is 2. The van der Waals surface area contributed by atoms with Crippen molar-refractivity contribution in [1.82, 2.24) is 29.4 Å². The van der Waals surface area contributed by atoms with E-state index in [0.717, 1.165) is 25.1 Å². The van der Waals surface area contributed by atoms with Gasteiger partial charge in [-0.2, -0.15) is 10.2 Å². The van der Waals surface area contributed by atoms with Crippen LogP contribution in [0.1, 0.15) is 34.9 Å². The van der Waals surface area contributed by atoms with Crippen molar-refractivity contribution < 1.29 is 4.79 Å². The lowest BCUT2D eigenvalue weighted by molar-refractivity contribution is 0.0672. The summed E-state index contributed by atoms with van der Waals surface area (Å²) in [5.41, 5.74) is 1.59. The lowest BCUT2D eigenvalue weighted by Crippen LogP contribution is -2.41. The number of carbonyl (C=O) groups excluding carboxylic acids is 1. The molecule has 20 heavy (non-hydrogen) atoms. The molecule has 0 bridgehead atoms. The van der Waals surface area contributed by atoms with Gasteiger partial charge in [0, 0.05) is 25.8 Å². The first-order valence-corrected chi connectivity index (χ1v) is 6.79. The lowest BCUT2D eigenvalue weighted by atomic mass is 10.0. The van der Waals surface area contributed by atoms with E-state index in [0.29, 0.717) is 12.1 Å². The zero-order valence-electron chi connectivity index (χ0n) is 11.7. The minimum atomic E-state index is 0.0559. The molecule has 1 atom stereocenters. The highest BCUT2D eigenvalue weighted by atomic mass is 16.2. The maximum absolute atomic E-state index is 12.6. The van der Waals surface area contributed by atoms with E-state index in [4.69, 9.17) is 0 Å². The summed E-state index contributed by atoms with van der Waals surface area (Å²) in [6.45, 7) is 3.38. The molecule has 3 rings (SSSR count). The molecule has 0 N–H and O–H groups in total. The van der Waals surface area contributed by atoms with Crippen LogP contribution in [0, 0.1) is 6.92 Å². The Labute approximate surface area is 117 Å². The molecule has 1 unspecified atom stereocenters. The summed E-state index contributed by atoms with van der Waals surface area (Å²) in [6.07, 6.45) is 6.91. The zero-order valence-corrected chi connectivity index (χ0v) is 11.7. The highest BCUT2D eigenvalue weighted by Crippen LogP contribution is 2.22. The van der Waals surface area contributed by atoms with Crippen molar-refractivity contribution in [2.75, 3.05) is 13.1 Å². The maximum Gasteiger partial charge on any atom is 0.257 e. The number of carbonyl (C=O) groups is 1. The Hall–Kier alpha value is -2.18. The topological polar surface area (TPSA) is 68.8 Å². The molecule has 1 saturated heterocycles. The molecule has 1 amide bonds. The van der Waals surface area contributed by atoms with Crippen LogP contribution in [0.3, 0.4) is 0 Å². The van der Waals surface area contributed by atoms with Crippen molar-refractivity contribution in [3.63, 3.8) is 0 Å². The molecule has 0 aromatic carbocycles. The van der Waals surface area contributed by atoms with Gasteiger partial charge in [0.25, 0.3) is 5.91 Å². The van der Waals surface area contributed by atoms with Crippen LogP contribution in [0.2, 0.25) is 0 Å². The smallest absolute Gasteiger partial charge is 0.257 e. The summed E-state index contributed by atoms with van der Waals surface area (Å²) in [6, 6.07) is 0.215. The second-order valence-corrected chi connectivity index (χ2v) is 5.19. The van der Waals surface area contributed by atoms with Gasteiger partial charge >= 0.3 is 0 Å². The van der Waals surface area contributed by atoms with Crippen molar-refractivity contribution in [3.05, 3.63) is 30.1 Å². The molecule has 2 aromatic heterocycles. The molecule has 3 heterocycles. The predicted molar refractivity (Wildman–Crippen MR) is 72.1 cm³/mol. The Morgan fingerprint density at radius 1 is 1.40 bits per heavy atom. The van der Waals surface area contributed by atoms with E-state index in [-0.39, 0.29) is 11.9 Å². The molecule has 106 valence electrons. The minimum absolute atomic E-state index is 0.0559. The van der Waals surface area contributed by atoms with Crippen LogP contribution in [0.4, 0.5) is 0 Å². The minimum Gasteiger partial charge on any atom is -0.336 e. The molecule has 0 spiro atoms. The van der Waals surface area contributed by atoms with E-state index < -0.39 is 0 Å². The molecule has 7 heteroatoms. The van der Waals surface area contributed by atoms with Gasteiger partial charge in [0.1, 0.15) is 12.7 Å². The normalized spacial score (nSPS) is 19.3. The fourth-order valence-corrected chi connectivity index (χ4v) is 2.64. The number of likely N-dealkylation sites (tertiary alicyclic amines) is 1. The standard InChI is InChI=1S/C13H18N6O/c1-10-12(6-15-17(10)2)13(20)18-5-3-4-11(7-18)19-9-14-8-16-19/h6,8-9,11H,3-5,7H2,1-2H3. The van der Waals surface area contributed by atoms with Crippen LogP contribution in [0.5, 0.6) is 0 Å². The van der Waals surface area contributed by atoms with Gasteiger partial charge in [-0.25, -0.2) is 9.67 Å². The number of aromatic nitrogens is 5. The van der Waals surface area contributed by atoms with E-state index in [1.807, 2.05) is 23.6 Å². The van der Waals surface area contributed by atoms with Crippen molar-refractivity contribution in [2.45, 2.75) is 25.8 Å². The summed E-state index contributed by atoms with van der Waals surface area (Å²) < 4.78 is 3.57. The highest BCUT2D eigenvalue weighted by Gasteiger charge is 2.27. The number of aryl methyl sites for hydroxylation is 1. The zero-order chi connectivity index (χ0) is 14.1. The SMILES string of the molecule is Cc1c(C(=O)N2CCCC(n3cncn3)C2)cnn1C. The van der Waals surface area contributed by atoms with E-state index in [1.165, 1.54) is 6.33 Å². The Morgan fingerprint density at radius 2 is 2.25 bits per heavy atom. The third-order valence-corrected chi connectivity index (χ3v) is 3.96. The predicted octanol–water partition coefficient (Wildman–Crippen LogP) is 0.797. The lowest BCUT2D eigenvalue weighted by Gasteiger charge is -2.32. The summed E-state index contributed by atoms with van der Waals surface area (Å²) in [7, 11) is 1.85. The molecule has 0 saturated carbocycles. The van der Waals surface area contributed by atoms with Gasteiger partial charge in [0.2, 0.25) is 0 Å². The molecular formula is C13H18N6O. The van der Waals surface area contributed by atoms with E-state index in [9.17, 15) is 4.79 Å². The average Bonchev–Trinajstić information content (AvgIpc) is 3.10. The number of piperidine rings is 1. The van der Waals surface area contributed by atoms with Crippen molar-refractivity contribution >= 4 is 5.91 Å². The summed E-state index contributed by atoms with van der Waals surface area (Å²) in [4.78, 5) is 18.4. The van der Waals surface area contributed by atoms with E-state index in [2.05, 4.69) is 15.2 Å². The van der Waals surface area contributed by atoms with Gasteiger partial charge in [-0.05, 0) is 19.8 Å². The summed E-state index contributed by atoms with van der Waals surface area (Å²) >= 11 is 0. The van der Waals surface area contributed by atoms with Gasteiger partial charge in [0.15, 0.2) is 0 Å². The summed E-state index contributed by atoms with van der Waals surface area (Å²) in [5.74, 6) is 0.0559. The molecule has 1 fully saturated rings. The van der Waals surface area contributed by atoms with Crippen LogP contribution in [-0.2, 0) is 7.05 Å². The fraction of sp³-hybridized carbons (Fsp3) is 0.538. The van der Waals surface area contributed by atoms with Crippen molar-refractivity contribution in [2.24, 2.45) is 7.05 Å². The second kappa shape index (κ2) is 5.07.